The molecule has 1 aromatic carbocycles. The summed E-state index contributed by atoms with van der Waals surface area (Å²) in [6.45, 7) is 9.86. The molecular formula is C46H73N8O5PS2. The molecule has 13 nitrogen and oxygen atoms in total. The fourth-order valence-corrected chi connectivity index (χ4v) is 11.4. The Morgan fingerprint density at radius 3 is 2.32 bits per heavy atom. The van der Waals surface area contributed by atoms with Crippen LogP contribution < -0.4 is 20.9 Å². The molecule has 2 saturated heterocycles. The highest BCUT2D eigenvalue weighted by Gasteiger charge is 2.38. The Morgan fingerprint density at radius 1 is 1.00 bits per heavy atom. The lowest BCUT2D eigenvalue weighted by molar-refractivity contribution is -0.136. The summed E-state index contributed by atoms with van der Waals surface area (Å²) in [4.78, 5) is 78.4. The average Bonchev–Trinajstić information content (AvgIpc) is 3.72. The number of carbonyl (C=O) groups is 5. The number of unbranched alkanes of at least 4 members (excludes halogenated alkanes) is 8. The van der Waals surface area contributed by atoms with Crippen molar-refractivity contribution in [1.29, 1.82) is 0 Å². The summed E-state index contributed by atoms with van der Waals surface area (Å²) in [5.74, 6) is 0.893. The minimum Gasteiger partial charge on any atom is -0.355 e. The van der Waals surface area contributed by atoms with Crippen molar-refractivity contribution in [3.8, 4) is 0 Å². The Labute approximate surface area is 378 Å². The standard InChI is InChI=1S/C46H73N8O5PS2/c1-7-23-46(3)24-28-52(29-25-46)37-31-47-43-42(50-37)49-36-22-21-35(34(8-2)41(36)61-43)48-39(57)30-40(58)54(60)27-17-15-13-11-9-10-12-14-16-20-38(56)51-44(62(4,5)6)45(59)53-26-18-19-33(53)32-55/h21-22,31-33,44H,7-20,23-30,60H2,1-6H3,(H,48,57)(H,49,50)(H,51,56)/t33-,44-/m1/s1. The first-order chi connectivity index (χ1) is 29.7. The quantitative estimate of drug-likeness (QED) is 0.0364. The first kappa shape index (κ1) is 49.6. The lowest BCUT2D eigenvalue weighted by Crippen LogP contribution is -2.52. The Balaban J connectivity index is 0.942. The fraction of sp³-hybridized carbons (Fsp3) is 0.674. The van der Waals surface area contributed by atoms with Crippen molar-refractivity contribution in [3.05, 3.63) is 23.9 Å². The van der Waals surface area contributed by atoms with Crippen LogP contribution in [0.3, 0.4) is 0 Å². The van der Waals surface area contributed by atoms with Crippen LogP contribution in [0.15, 0.2) is 28.3 Å². The molecule has 3 aliphatic heterocycles. The van der Waals surface area contributed by atoms with Crippen molar-refractivity contribution in [1.82, 2.24) is 24.9 Å². The van der Waals surface area contributed by atoms with Gasteiger partial charge in [0.1, 0.15) is 28.9 Å². The number of aldehydes is 1. The van der Waals surface area contributed by atoms with Crippen LogP contribution in [0.2, 0.25) is 0 Å². The van der Waals surface area contributed by atoms with Crippen LogP contribution in [0.4, 0.5) is 23.0 Å². The normalized spacial score (nSPS) is 17.6. The van der Waals surface area contributed by atoms with Gasteiger partial charge in [0.05, 0.1) is 17.9 Å². The molecule has 1 aromatic heterocycles. The van der Waals surface area contributed by atoms with Gasteiger partial charge in [-0.2, -0.15) is 0 Å². The summed E-state index contributed by atoms with van der Waals surface area (Å²) in [5.41, 5.74) is 3.06. The predicted octanol–water partition coefficient (Wildman–Crippen LogP) is 8.83. The molecule has 4 amide bonds. The van der Waals surface area contributed by atoms with Gasteiger partial charge in [-0.1, -0.05) is 83.9 Å². The van der Waals surface area contributed by atoms with Crippen molar-refractivity contribution in [2.75, 3.05) is 60.5 Å². The van der Waals surface area contributed by atoms with Gasteiger partial charge in [0, 0.05) is 43.2 Å². The molecule has 4 heterocycles. The molecule has 0 spiro atoms. The maximum absolute atomic E-state index is 13.3. The number of hydrogen-bond donors (Lipinski definition) is 3. The van der Waals surface area contributed by atoms with Crippen LogP contribution in [-0.2, 0) is 30.4 Å². The Hall–Kier alpha value is -3.42. The minimum absolute atomic E-state index is 0.0918. The SMILES string of the molecule is CCCC1(C)CCN(c2cnc3c(n2)Nc2ccc(NC(=O)CC(=O)N(P)CCCCCCCCCCCC(=O)N[C@@H](C(=O)N4CCC[C@@H]4C=O)S(C)(C)C)c(CC)c2S3)CC1. The van der Waals surface area contributed by atoms with E-state index in [2.05, 4.69) is 51.0 Å². The van der Waals surface area contributed by atoms with Gasteiger partial charge in [-0.05, 0) is 103 Å². The lowest BCUT2D eigenvalue weighted by atomic mass is 9.77. The van der Waals surface area contributed by atoms with Crippen LogP contribution in [0.5, 0.6) is 0 Å². The molecule has 1 unspecified atom stereocenters. The third-order valence-electron chi connectivity index (χ3n) is 12.6. The van der Waals surface area contributed by atoms with Gasteiger partial charge in [-0.3, -0.25) is 19.2 Å². The number of carbonyl (C=O) groups excluding carboxylic acids is 5. The molecule has 0 saturated carbocycles. The van der Waals surface area contributed by atoms with Gasteiger partial charge in [0.25, 0.3) is 5.91 Å². The second-order valence-electron chi connectivity index (χ2n) is 18.5. The number of fused-ring (bicyclic) bond motifs is 2. The number of aromatic nitrogens is 2. The highest BCUT2D eigenvalue weighted by molar-refractivity contribution is 8.33. The molecule has 2 fully saturated rings. The smallest absolute Gasteiger partial charge is 0.254 e. The Bertz CT molecular complexity index is 1870. The van der Waals surface area contributed by atoms with E-state index in [0.29, 0.717) is 43.5 Å². The van der Waals surface area contributed by atoms with Crippen LogP contribution in [0.25, 0.3) is 0 Å². The highest BCUT2D eigenvalue weighted by atomic mass is 32.3. The average molecular weight is 913 g/mol. The van der Waals surface area contributed by atoms with Crippen molar-refractivity contribution in [2.24, 2.45) is 5.41 Å². The molecular weight excluding hydrogens is 840 g/mol. The van der Waals surface area contributed by atoms with Crippen LogP contribution in [-0.4, -0.2) is 106 Å². The molecule has 5 rings (SSSR count). The van der Waals surface area contributed by atoms with E-state index in [4.69, 9.17) is 9.97 Å². The lowest BCUT2D eigenvalue weighted by Gasteiger charge is -2.40. The molecule has 344 valence electrons. The Kier molecular flexibility index (Phi) is 18.8. The number of benzene rings is 1. The second-order valence-corrected chi connectivity index (χ2v) is 24.4. The molecule has 0 aliphatic carbocycles. The summed E-state index contributed by atoms with van der Waals surface area (Å²) >= 11 is 1.57. The van der Waals surface area contributed by atoms with Crippen LogP contribution in [0, 0.1) is 5.41 Å². The van der Waals surface area contributed by atoms with Gasteiger partial charge in [0.2, 0.25) is 17.7 Å². The maximum atomic E-state index is 13.3. The molecule has 62 heavy (non-hydrogen) atoms. The number of piperidine rings is 1. The van der Waals surface area contributed by atoms with Crippen LogP contribution >= 0.6 is 31.2 Å². The summed E-state index contributed by atoms with van der Waals surface area (Å²) in [7, 11) is 1.08. The predicted molar refractivity (Wildman–Crippen MR) is 259 cm³/mol. The summed E-state index contributed by atoms with van der Waals surface area (Å²) in [6.07, 6.45) is 25.1. The topological polar surface area (TPSA) is 157 Å². The maximum Gasteiger partial charge on any atom is 0.254 e. The molecule has 16 heteroatoms. The number of nitrogens with one attached hydrogen (secondary N) is 3. The van der Waals surface area contributed by atoms with E-state index in [1.165, 1.54) is 12.8 Å². The van der Waals surface area contributed by atoms with Gasteiger partial charge < -0.3 is 35.2 Å². The summed E-state index contributed by atoms with van der Waals surface area (Å²) in [6, 6.07) is 3.50. The first-order valence-electron chi connectivity index (χ1n) is 23.0. The number of amides is 4. The molecule has 2 aromatic rings. The van der Waals surface area contributed by atoms with E-state index in [0.717, 1.165) is 129 Å². The van der Waals surface area contributed by atoms with Gasteiger partial charge in [0.15, 0.2) is 5.82 Å². The van der Waals surface area contributed by atoms with Gasteiger partial charge in [-0.25, -0.2) is 20.0 Å². The third kappa shape index (κ3) is 13.8. The zero-order valence-corrected chi connectivity index (χ0v) is 41.0. The molecule has 0 radical (unpaired) electrons. The third-order valence-corrected chi connectivity index (χ3v) is 16.1. The van der Waals surface area contributed by atoms with Crippen molar-refractivity contribution in [2.45, 2.75) is 158 Å². The van der Waals surface area contributed by atoms with Crippen molar-refractivity contribution < 1.29 is 24.0 Å². The zero-order chi connectivity index (χ0) is 44.9. The number of hydrogen-bond acceptors (Lipinski definition) is 10. The largest absolute Gasteiger partial charge is 0.355 e. The monoisotopic (exact) mass is 912 g/mol. The molecule has 3 atom stereocenters. The summed E-state index contributed by atoms with van der Waals surface area (Å²) in [5, 5.41) is 9.76. The molecule has 3 N–H and O–H groups in total. The van der Waals surface area contributed by atoms with Crippen molar-refractivity contribution in [3.63, 3.8) is 0 Å². The van der Waals surface area contributed by atoms with E-state index < -0.39 is 15.4 Å². The Morgan fingerprint density at radius 2 is 1.68 bits per heavy atom. The first-order valence-corrected chi connectivity index (χ1v) is 27.2. The van der Waals surface area contributed by atoms with E-state index >= 15 is 0 Å². The number of anilines is 4. The molecule has 0 bridgehead atoms. The number of likely N-dealkylation sites (tertiary alicyclic amines) is 1. The van der Waals surface area contributed by atoms with Crippen molar-refractivity contribution >= 4 is 84.1 Å². The van der Waals surface area contributed by atoms with E-state index in [1.807, 2.05) is 37.1 Å². The zero-order valence-electron chi connectivity index (χ0n) is 38.2. The minimum atomic E-state index is -1.40. The van der Waals surface area contributed by atoms with E-state index in [9.17, 15) is 24.0 Å². The highest BCUT2D eigenvalue weighted by Crippen LogP contribution is 2.47. The van der Waals surface area contributed by atoms with Crippen LogP contribution in [0.1, 0.15) is 135 Å². The van der Waals surface area contributed by atoms with E-state index in [-0.39, 0.29) is 36.1 Å². The van der Waals surface area contributed by atoms with Gasteiger partial charge in [-0.15, -0.1) is 0 Å². The molecule has 3 aliphatic rings. The number of rotatable bonds is 23. The van der Waals surface area contributed by atoms with Gasteiger partial charge >= 0.3 is 0 Å². The van der Waals surface area contributed by atoms with E-state index in [1.54, 1.807) is 21.3 Å². The fourth-order valence-electron chi connectivity index (χ4n) is 8.82. The second kappa shape index (κ2) is 23.5. The summed E-state index contributed by atoms with van der Waals surface area (Å²) < 4.78 is 1.58. The number of nitrogens with zero attached hydrogens (tertiary/aromatic N) is 5.